The van der Waals surface area contributed by atoms with Gasteiger partial charge in [-0.2, -0.15) is 5.10 Å². The van der Waals surface area contributed by atoms with Gasteiger partial charge in [0, 0.05) is 21.4 Å². The zero-order valence-corrected chi connectivity index (χ0v) is 16.0. The highest BCUT2D eigenvalue weighted by Crippen LogP contribution is 2.29. The van der Waals surface area contributed by atoms with Crippen LogP contribution in [0.1, 0.15) is 0 Å². The molecule has 136 valence electrons. The third-order valence-corrected chi connectivity index (χ3v) is 5.51. The summed E-state index contributed by atoms with van der Waals surface area (Å²) in [6.45, 7) is 0. The number of thioether (sulfide) groups is 1. The lowest BCUT2D eigenvalue weighted by atomic mass is 10.2. The van der Waals surface area contributed by atoms with E-state index in [-0.39, 0.29) is 0 Å². The van der Waals surface area contributed by atoms with E-state index in [1.54, 1.807) is 18.0 Å². The number of hydrogen-bond acceptors (Lipinski definition) is 5. The van der Waals surface area contributed by atoms with Crippen LogP contribution in [0.3, 0.4) is 0 Å². The van der Waals surface area contributed by atoms with Gasteiger partial charge in [-0.1, -0.05) is 36.4 Å². The van der Waals surface area contributed by atoms with Crippen molar-refractivity contribution >= 4 is 45.1 Å². The molecule has 0 unspecified atom stereocenters. The molecule has 0 amide bonds. The number of para-hydroxylation sites is 1. The van der Waals surface area contributed by atoms with Gasteiger partial charge in [0.1, 0.15) is 6.33 Å². The van der Waals surface area contributed by atoms with Gasteiger partial charge in [-0.15, -0.1) is 16.9 Å². The van der Waals surface area contributed by atoms with Crippen LogP contribution in [0.4, 0.5) is 11.5 Å². The molecule has 0 saturated heterocycles. The van der Waals surface area contributed by atoms with Crippen molar-refractivity contribution < 1.29 is 0 Å². The SMILES string of the molecule is CSc1ccccc1-n1cnc2cc(Nc3nncc4ccccc34)ccc21. The highest BCUT2D eigenvalue weighted by atomic mass is 32.2. The van der Waals surface area contributed by atoms with Gasteiger partial charge in [-0.25, -0.2) is 4.98 Å². The molecule has 1 N–H and O–H groups in total. The Morgan fingerprint density at radius 1 is 0.964 bits per heavy atom. The summed E-state index contributed by atoms with van der Waals surface area (Å²) in [5.74, 6) is 0.740. The second-order valence-corrected chi connectivity index (χ2v) is 7.24. The van der Waals surface area contributed by atoms with E-state index in [4.69, 9.17) is 0 Å². The Labute approximate surface area is 166 Å². The van der Waals surface area contributed by atoms with Crippen molar-refractivity contribution in [2.24, 2.45) is 0 Å². The maximum absolute atomic E-state index is 4.61. The van der Waals surface area contributed by atoms with Gasteiger partial charge in [0.2, 0.25) is 0 Å². The predicted molar refractivity (Wildman–Crippen MR) is 116 cm³/mol. The number of rotatable bonds is 4. The molecule has 0 aliphatic carbocycles. The zero-order chi connectivity index (χ0) is 18.9. The number of nitrogens with one attached hydrogen (secondary N) is 1. The van der Waals surface area contributed by atoms with Crippen molar-refractivity contribution in [2.45, 2.75) is 4.90 Å². The van der Waals surface area contributed by atoms with Gasteiger partial charge in [0.05, 0.1) is 22.9 Å². The summed E-state index contributed by atoms with van der Waals surface area (Å²) in [6.07, 6.45) is 5.74. The highest BCUT2D eigenvalue weighted by molar-refractivity contribution is 7.98. The van der Waals surface area contributed by atoms with Gasteiger partial charge in [-0.3, -0.25) is 4.57 Å². The lowest BCUT2D eigenvalue weighted by molar-refractivity contribution is 1.05. The molecule has 5 nitrogen and oxygen atoms in total. The zero-order valence-electron chi connectivity index (χ0n) is 15.2. The Kier molecular flexibility index (Phi) is 4.18. The molecule has 0 saturated carbocycles. The lowest BCUT2D eigenvalue weighted by Gasteiger charge is -2.10. The molecule has 0 atom stereocenters. The first-order valence-electron chi connectivity index (χ1n) is 8.91. The van der Waals surface area contributed by atoms with Gasteiger partial charge < -0.3 is 5.32 Å². The number of imidazole rings is 1. The van der Waals surface area contributed by atoms with Crippen LogP contribution in [-0.2, 0) is 0 Å². The minimum Gasteiger partial charge on any atom is -0.338 e. The van der Waals surface area contributed by atoms with Crippen LogP contribution in [-0.4, -0.2) is 26.0 Å². The van der Waals surface area contributed by atoms with E-state index in [0.29, 0.717) is 0 Å². The summed E-state index contributed by atoms with van der Waals surface area (Å²) in [4.78, 5) is 5.83. The molecule has 3 aromatic carbocycles. The van der Waals surface area contributed by atoms with Crippen molar-refractivity contribution in [3.05, 3.63) is 79.3 Å². The van der Waals surface area contributed by atoms with Gasteiger partial charge in [-0.05, 0) is 36.6 Å². The minimum absolute atomic E-state index is 0.740. The normalized spacial score (nSPS) is 11.2. The number of aromatic nitrogens is 4. The number of anilines is 2. The fraction of sp³-hybridized carbons (Fsp3) is 0.0455. The molecule has 6 heteroatoms. The second kappa shape index (κ2) is 6.98. The fourth-order valence-electron chi connectivity index (χ4n) is 3.37. The number of fused-ring (bicyclic) bond motifs is 2. The smallest absolute Gasteiger partial charge is 0.160 e. The first-order valence-corrected chi connectivity index (χ1v) is 10.1. The average molecular weight is 383 g/mol. The summed E-state index contributed by atoms with van der Waals surface area (Å²) in [6, 6.07) is 22.6. The van der Waals surface area contributed by atoms with Crippen molar-refractivity contribution in [1.29, 1.82) is 0 Å². The lowest BCUT2D eigenvalue weighted by Crippen LogP contribution is -1.97. The van der Waals surface area contributed by atoms with E-state index >= 15 is 0 Å². The van der Waals surface area contributed by atoms with E-state index in [1.165, 1.54) is 4.90 Å². The molecular weight excluding hydrogens is 366 g/mol. The van der Waals surface area contributed by atoms with Crippen molar-refractivity contribution in [2.75, 3.05) is 11.6 Å². The van der Waals surface area contributed by atoms with Gasteiger partial charge in [0.15, 0.2) is 5.82 Å². The van der Waals surface area contributed by atoms with Crippen LogP contribution in [0.2, 0.25) is 0 Å². The van der Waals surface area contributed by atoms with Crippen LogP contribution < -0.4 is 5.32 Å². The third-order valence-electron chi connectivity index (χ3n) is 4.73. The fourth-order valence-corrected chi connectivity index (χ4v) is 3.96. The van der Waals surface area contributed by atoms with Gasteiger partial charge >= 0.3 is 0 Å². The van der Waals surface area contributed by atoms with Crippen molar-refractivity contribution in [1.82, 2.24) is 19.7 Å². The topological polar surface area (TPSA) is 55.6 Å². The summed E-state index contributed by atoms with van der Waals surface area (Å²) in [5, 5.41) is 13.8. The van der Waals surface area contributed by atoms with Crippen LogP contribution in [0.5, 0.6) is 0 Å². The van der Waals surface area contributed by atoms with Crippen LogP contribution >= 0.6 is 11.8 Å². The molecule has 5 aromatic rings. The van der Waals surface area contributed by atoms with E-state index in [0.717, 1.165) is 39.0 Å². The van der Waals surface area contributed by atoms with Crippen molar-refractivity contribution in [3.8, 4) is 5.69 Å². The largest absolute Gasteiger partial charge is 0.338 e. The molecule has 0 bridgehead atoms. The van der Waals surface area contributed by atoms with Crippen molar-refractivity contribution in [3.63, 3.8) is 0 Å². The summed E-state index contributed by atoms with van der Waals surface area (Å²) >= 11 is 1.73. The van der Waals surface area contributed by atoms with Gasteiger partial charge in [0.25, 0.3) is 0 Å². The number of nitrogens with zero attached hydrogens (tertiary/aromatic N) is 4. The number of benzene rings is 3. The van der Waals surface area contributed by atoms with E-state index in [1.807, 2.05) is 42.7 Å². The Bertz CT molecular complexity index is 1290. The van der Waals surface area contributed by atoms with E-state index < -0.39 is 0 Å². The van der Waals surface area contributed by atoms with E-state index in [9.17, 15) is 0 Å². The maximum atomic E-state index is 4.61. The summed E-state index contributed by atoms with van der Waals surface area (Å²) in [5.41, 5.74) is 4.06. The highest BCUT2D eigenvalue weighted by Gasteiger charge is 2.10. The standard InChI is InChI=1S/C22H17N5S/c1-28-21-9-5-4-8-20(21)27-14-23-18-12-16(10-11-19(18)27)25-22-17-7-3-2-6-15(17)13-24-26-22/h2-14H,1H3,(H,25,26). The molecular formula is C22H17N5S. The van der Waals surface area contributed by atoms with Crippen LogP contribution in [0.25, 0.3) is 27.5 Å². The minimum atomic E-state index is 0.740. The Morgan fingerprint density at radius 3 is 2.75 bits per heavy atom. The monoisotopic (exact) mass is 383 g/mol. The summed E-state index contributed by atoms with van der Waals surface area (Å²) < 4.78 is 2.13. The van der Waals surface area contributed by atoms with E-state index in [2.05, 4.69) is 61.7 Å². The summed E-state index contributed by atoms with van der Waals surface area (Å²) in [7, 11) is 0. The van der Waals surface area contributed by atoms with Crippen LogP contribution in [0, 0.1) is 0 Å². The molecule has 28 heavy (non-hydrogen) atoms. The first kappa shape index (κ1) is 16.8. The molecule has 0 aliphatic heterocycles. The average Bonchev–Trinajstić information content (AvgIpc) is 3.17. The molecule has 0 spiro atoms. The molecule has 0 radical (unpaired) electrons. The first-order chi connectivity index (χ1) is 13.8. The second-order valence-electron chi connectivity index (χ2n) is 6.40. The Morgan fingerprint density at radius 2 is 1.82 bits per heavy atom. The van der Waals surface area contributed by atoms with Crippen LogP contribution in [0.15, 0.2) is 84.1 Å². The molecule has 2 aromatic heterocycles. The molecule has 0 fully saturated rings. The molecule has 0 aliphatic rings. The predicted octanol–water partition coefficient (Wildman–Crippen LogP) is 5.43. The quantitative estimate of drug-likeness (QED) is 0.419. The number of hydrogen-bond donors (Lipinski definition) is 1. The molecule has 2 heterocycles. The third kappa shape index (κ3) is 2.88. The Balaban J connectivity index is 1.55. The Hall–Kier alpha value is -3.38. The molecule has 5 rings (SSSR count). The maximum Gasteiger partial charge on any atom is 0.160 e.